The molecular formula is C30H25Cl2F3N4O2. The van der Waals surface area contributed by atoms with Gasteiger partial charge in [0.25, 0.3) is 0 Å². The normalized spacial score (nSPS) is 23.3. The van der Waals surface area contributed by atoms with Crippen molar-refractivity contribution in [2.24, 2.45) is 5.41 Å². The summed E-state index contributed by atoms with van der Waals surface area (Å²) in [4.78, 5) is 28.0. The molecule has 2 amide bonds. The van der Waals surface area contributed by atoms with Crippen molar-refractivity contribution in [1.82, 2.24) is 5.32 Å². The molecule has 4 atom stereocenters. The van der Waals surface area contributed by atoms with E-state index < -0.39 is 58.1 Å². The molecule has 0 bridgehead atoms. The van der Waals surface area contributed by atoms with Crippen LogP contribution >= 0.6 is 23.2 Å². The van der Waals surface area contributed by atoms with Gasteiger partial charge < -0.3 is 16.0 Å². The SMILES string of the molecule is CC(C)(C)C[C@@H]1N[C@@H](C(=O)Nc2ccc(C#N)cc2F)[C@H](c2cccc(Cl)c2F)[C@]12C(=O)Nc1cc(Cl)cc(F)c12. The zero-order valence-corrected chi connectivity index (χ0v) is 23.7. The third kappa shape index (κ3) is 4.84. The van der Waals surface area contributed by atoms with E-state index in [1.165, 1.54) is 36.4 Å². The molecule has 2 aliphatic heterocycles. The average Bonchev–Trinajstić information content (AvgIpc) is 3.36. The van der Waals surface area contributed by atoms with Crippen LogP contribution in [-0.2, 0) is 15.0 Å². The number of nitriles is 1. The Hall–Kier alpha value is -3.58. The van der Waals surface area contributed by atoms with Crippen LogP contribution in [0.2, 0.25) is 10.0 Å². The number of fused-ring (bicyclic) bond motifs is 2. The molecule has 3 N–H and O–H groups in total. The standard InChI is InChI=1S/C30H25Cl2F3N4O2/c1-29(2,3)12-22-30(24-19(34)10-15(31)11-21(24)38-28(30)41)23(16-5-4-6-17(32)25(16)35)26(39-22)27(40)37-20-8-7-14(13-36)9-18(20)33/h4-11,22-23,26,39H,12H2,1-3H3,(H,37,40)(H,38,41)/t22-,23-,26+,30+/m0/s1. The summed E-state index contributed by atoms with van der Waals surface area (Å²) in [5.74, 6) is -5.25. The fourth-order valence-corrected chi connectivity index (χ4v) is 6.51. The minimum absolute atomic E-state index is 0.0436. The Labute approximate surface area is 244 Å². The largest absolute Gasteiger partial charge is 0.325 e. The van der Waals surface area contributed by atoms with Crippen molar-refractivity contribution in [3.63, 3.8) is 0 Å². The molecule has 1 saturated heterocycles. The molecule has 0 aliphatic carbocycles. The lowest BCUT2D eigenvalue weighted by molar-refractivity contribution is -0.122. The Morgan fingerprint density at radius 3 is 2.49 bits per heavy atom. The highest BCUT2D eigenvalue weighted by atomic mass is 35.5. The number of anilines is 2. The quantitative estimate of drug-likeness (QED) is 0.312. The van der Waals surface area contributed by atoms with Crippen molar-refractivity contribution in [2.75, 3.05) is 10.6 Å². The summed E-state index contributed by atoms with van der Waals surface area (Å²) in [7, 11) is 0. The summed E-state index contributed by atoms with van der Waals surface area (Å²) in [6.07, 6.45) is 0.273. The van der Waals surface area contributed by atoms with Gasteiger partial charge in [-0.15, -0.1) is 0 Å². The zero-order valence-electron chi connectivity index (χ0n) is 22.2. The Kier molecular flexibility index (Phi) is 7.31. The summed E-state index contributed by atoms with van der Waals surface area (Å²) < 4.78 is 46.5. The average molecular weight is 601 g/mol. The smallest absolute Gasteiger partial charge is 0.242 e. The first kappa shape index (κ1) is 28.9. The molecule has 1 spiro atoms. The molecule has 11 heteroatoms. The molecule has 3 aromatic rings. The summed E-state index contributed by atoms with van der Waals surface area (Å²) in [5.41, 5.74) is -2.42. The summed E-state index contributed by atoms with van der Waals surface area (Å²) >= 11 is 12.3. The van der Waals surface area contributed by atoms with Crippen molar-refractivity contribution >= 4 is 46.4 Å². The highest BCUT2D eigenvalue weighted by Gasteiger charge is 2.67. The fourth-order valence-electron chi connectivity index (χ4n) is 6.13. The topological polar surface area (TPSA) is 94.0 Å². The molecule has 0 radical (unpaired) electrons. The lowest BCUT2D eigenvalue weighted by Gasteiger charge is -2.37. The first-order valence-electron chi connectivity index (χ1n) is 12.8. The molecule has 0 saturated carbocycles. The van der Waals surface area contributed by atoms with Crippen LogP contribution in [0, 0.1) is 34.2 Å². The van der Waals surface area contributed by atoms with Crippen molar-refractivity contribution in [2.45, 2.75) is 50.6 Å². The van der Waals surface area contributed by atoms with E-state index in [1.807, 2.05) is 26.8 Å². The predicted octanol–water partition coefficient (Wildman–Crippen LogP) is 6.67. The number of nitrogens with zero attached hydrogens (tertiary/aromatic N) is 1. The number of amides is 2. The number of rotatable bonds is 4. The summed E-state index contributed by atoms with van der Waals surface area (Å²) in [6, 6.07) is 9.83. The second kappa shape index (κ2) is 10.4. The Bertz CT molecular complexity index is 1640. The molecule has 1 fully saturated rings. The van der Waals surface area contributed by atoms with Gasteiger partial charge in [0.1, 0.15) is 22.9 Å². The van der Waals surface area contributed by atoms with Crippen molar-refractivity contribution in [3.05, 3.63) is 92.7 Å². The van der Waals surface area contributed by atoms with Crippen molar-refractivity contribution in [3.8, 4) is 6.07 Å². The number of hydrogen-bond acceptors (Lipinski definition) is 4. The van der Waals surface area contributed by atoms with Crippen LogP contribution in [0.25, 0.3) is 0 Å². The maximum atomic E-state index is 15.9. The molecule has 0 unspecified atom stereocenters. The van der Waals surface area contributed by atoms with E-state index in [-0.39, 0.29) is 44.5 Å². The Morgan fingerprint density at radius 1 is 1.10 bits per heavy atom. The van der Waals surface area contributed by atoms with E-state index in [2.05, 4.69) is 16.0 Å². The van der Waals surface area contributed by atoms with Gasteiger partial charge in [0.05, 0.1) is 28.4 Å². The zero-order chi connectivity index (χ0) is 29.9. The van der Waals surface area contributed by atoms with E-state index in [0.29, 0.717) is 0 Å². The second-order valence-corrected chi connectivity index (χ2v) is 12.4. The molecule has 5 rings (SSSR count). The predicted molar refractivity (Wildman–Crippen MR) is 150 cm³/mol. The van der Waals surface area contributed by atoms with Gasteiger partial charge in [-0.1, -0.05) is 56.1 Å². The van der Waals surface area contributed by atoms with E-state index in [0.717, 1.165) is 12.1 Å². The molecule has 0 aromatic heterocycles. The van der Waals surface area contributed by atoms with Crippen LogP contribution in [0.5, 0.6) is 0 Å². The van der Waals surface area contributed by atoms with Gasteiger partial charge in [-0.3, -0.25) is 9.59 Å². The number of nitrogens with one attached hydrogen (secondary N) is 3. The third-order valence-electron chi connectivity index (χ3n) is 7.62. The minimum Gasteiger partial charge on any atom is -0.325 e. The van der Waals surface area contributed by atoms with Crippen LogP contribution in [-0.4, -0.2) is 23.9 Å². The molecule has 2 aliphatic rings. The molecule has 2 heterocycles. The number of carbonyl (C=O) groups excluding carboxylic acids is 2. The van der Waals surface area contributed by atoms with Crippen molar-refractivity contribution in [1.29, 1.82) is 5.26 Å². The summed E-state index contributed by atoms with van der Waals surface area (Å²) in [6.45, 7) is 5.76. The number of hydrogen-bond donors (Lipinski definition) is 3. The van der Waals surface area contributed by atoms with E-state index in [9.17, 15) is 14.0 Å². The van der Waals surface area contributed by atoms with Gasteiger partial charge in [0.15, 0.2) is 0 Å². The van der Waals surface area contributed by atoms with Crippen molar-refractivity contribution < 1.29 is 22.8 Å². The van der Waals surface area contributed by atoms with Gasteiger partial charge in [-0.05, 0) is 53.8 Å². The third-order valence-corrected chi connectivity index (χ3v) is 8.13. The van der Waals surface area contributed by atoms with Crippen LogP contribution in [0.15, 0.2) is 48.5 Å². The Morgan fingerprint density at radius 2 is 1.83 bits per heavy atom. The van der Waals surface area contributed by atoms with Crippen LogP contribution < -0.4 is 16.0 Å². The summed E-state index contributed by atoms with van der Waals surface area (Å²) in [5, 5.41) is 17.3. The Balaban J connectivity index is 1.75. The van der Waals surface area contributed by atoms with Gasteiger partial charge in [0, 0.05) is 28.2 Å². The highest BCUT2D eigenvalue weighted by molar-refractivity contribution is 6.31. The monoisotopic (exact) mass is 600 g/mol. The fraction of sp³-hybridized carbons (Fsp3) is 0.300. The van der Waals surface area contributed by atoms with E-state index in [1.54, 1.807) is 0 Å². The molecule has 212 valence electrons. The molecule has 41 heavy (non-hydrogen) atoms. The van der Waals surface area contributed by atoms with E-state index in [4.69, 9.17) is 28.5 Å². The van der Waals surface area contributed by atoms with Gasteiger partial charge in [0.2, 0.25) is 11.8 Å². The van der Waals surface area contributed by atoms with Crippen LogP contribution in [0.1, 0.15) is 49.8 Å². The van der Waals surface area contributed by atoms with Gasteiger partial charge in [-0.2, -0.15) is 5.26 Å². The van der Waals surface area contributed by atoms with Crippen LogP contribution in [0.3, 0.4) is 0 Å². The lowest BCUT2D eigenvalue weighted by atomic mass is 9.62. The van der Waals surface area contributed by atoms with Crippen LogP contribution in [0.4, 0.5) is 24.5 Å². The number of benzene rings is 3. The number of halogens is 5. The molecule has 6 nitrogen and oxygen atoms in total. The minimum atomic E-state index is -1.81. The molecular weight excluding hydrogens is 576 g/mol. The number of carbonyl (C=O) groups is 2. The van der Waals surface area contributed by atoms with Gasteiger partial charge >= 0.3 is 0 Å². The second-order valence-electron chi connectivity index (χ2n) is 11.5. The van der Waals surface area contributed by atoms with Gasteiger partial charge in [-0.25, -0.2) is 13.2 Å². The maximum absolute atomic E-state index is 15.9. The first-order chi connectivity index (χ1) is 19.3. The van der Waals surface area contributed by atoms with E-state index >= 15 is 8.78 Å². The molecule has 3 aromatic carbocycles. The highest BCUT2D eigenvalue weighted by Crippen LogP contribution is 2.58. The first-order valence-corrected chi connectivity index (χ1v) is 13.5. The lowest BCUT2D eigenvalue weighted by Crippen LogP contribution is -2.50. The maximum Gasteiger partial charge on any atom is 0.242 e.